The molecule has 0 bridgehead atoms. The third-order valence-corrected chi connectivity index (χ3v) is 5.41. The van der Waals surface area contributed by atoms with Crippen LogP contribution in [-0.2, 0) is 4.74 Å². The third-order valence-electron chi connectivity index (χ3n) is 4.62. The molecule has 5 heteroatoms. The van der Waals surface area contributed by atoms with Crippen LogP contribution in [0.15, 0.2) is 53.4 Å². The van der Waals surface area contributed by atoms with Gasteiger partial charge in [0.2, 0.25) is 0 Å². The Balaban J connectivity index is 1.64. The molecule has 4 nitrogen and oxygen atoms in total. The van der Waals surface area contributed by atoms with E-state index < -0.39 is 0 Å². The molecule has 1 N–H and O–H groups in total. The fourth-order valence-electron chi connectivity index (χ4n) is 3.14. The lowest BCUT2D eigenvalue weighted by molar-refractivity contribution is 0.0819. The number of methoxy groups -OCH3 is 1. The van der Waals surface area contributed by atoms with Gasteiger partial charge in [0.05, 0.1) is 11.7 Å². The van der Waals surface area contributed by atoms with E-state index in [1.807, 2.05) is 42.7 Å². The Morgan fingerprint density at radius 3 is 2.44 bits per heavy atom. The van der Waals surface area contributed by atoms with Gasteiger partial charge in [-0.15, -0.1) is 11.8 Å². The van der Waals surface area contributed by atoms with Crippen LogP contribution in [0.3, 0.4) is 0 Å². The molecule has 1 amide bonds. The van der Waals surface area contributed by atoms with Gasteiger partial charge in [-0.1, -0.05) is 12.1 Å². The van der Waals surface area contributed by atoms with Gasteiger partial charge in [0.1, 0.15) is 0 Å². The lowest BCUT2D eigenvalue weighted by Gasteiger charge is -2.33. The van der Waals surface area contributed by atoms with Crippen molar-refractivity contribution in [2.75, 3.05) is 36.7 Å². The van der Waals surface area contributed by atoms with Crippen LogP contribution >= 0.6 is 11.8 Å². The van der Waals surface area contributed by atoms with Gasteiger partial charge in [-0.25, -0.2) is 0 Å². The van der Waals surface area contributed by atoms with Crippen LogP contribution in [0.2, 0.25) is 0 Å². The molecule has 0 saturated carbocycles. The van der Waals surface area contributed by atoms with E-state index in [2.05, 4.69) is 22.3 Å². The van der Waals surface area contributed by atoms with Gasteiger partial charge in [-0.2, -0.15) is 0 Å². The first-order valence-corrected chi connectivity index (χ1v) is 9.76. The monoisotopic (exact) mass is 356 g/mol. The predicted octanol–water partition coefficient (Wildman–Crippen LogP) is 4.28. The summed E-state index contributed by atoms with van der Waals surface area (Å²) in [5.41, 5.74) is 2.72. The minimum Gasteiger partial charge on any atom is -0.381 e. The molecule has 0 unspecified atom stereocenters. The van der Waals surface area contributed by atoms with Crippen molar-refractivity contribution in [1.29, 1.82) is 0 Å². The molecule has 0 radical (unpaired) electrons. The highest BCUT2D eigenvalue weighted by Crippen LogP contribution is 2.24. The summed E-state index contributed by atoms with van der Waals surface area (Å²) in [6.45, 7) is 2.01. The van der Waals surface area contributed by atoms with Gasteiger partial charge in [0.15, 0.2) is 0 Å². The summed E-state index contributed by atoms with van der Waals surface area (Å²) in [6.07, 6.45) is 4.47. The van der Waals surface area contributed by atoms with Crippen LogP contribution < -0.4 is 10.2 Å². The number of thioether (sulfide) groups is 1. The van der Waals surface area contributed by atoms with Crippen molar-refractivity contribution < 1.29 is 9.53 Å². The Kier molecular flexibility index (Phi) is 6.00. The Morgan fingerprint density at radius 1 is 1.12 bits per heavy atom. The van der Waals surface area contributed by atoms with Crippen molar-refractivity contribution in [2.45, 2.75) is 23.8 Å². The van der Waals surface area contributed by atoms with Crippen LogP contribution in [0.1, 0.15) is 23.2 Å². The number of nitrogens with one attached hydrogen (secondary N) is 1. The number of ether oxygens (including phenoxy) is 1. The fraction of sp³-hybridized carbons (Fsp3) is 0.350. The van der Waals surface area contributed by atoms with Crippen LogP contribution in [0.5, 0.6) is 0 Å². The number of benzene rings is 2. The number of hydrogen-bond donors (Lipinski definition) is 1. The van der Waals surface area contributed by atoms with E-state index in [4.69, 9.17) is 4.74 Å². The van der Waals surface area contributed by atoms with Crippen molar-refractivity contribution in [2.24, 2.45) is 0 Å². The molecule has 0 atom stereocenters. The zero-order valence-electron chi connectivity index (χ0n) is 14.7. The molecule has 1 saturated heterocycles. The SMILES string of the molecule is COC1CCN(c2ccc(NC(=O)c3ccccc3SC)cc2)CC1. The maximum absolute atomic E-state index is 12.5. The molecule has 1 fully saturated rings. The average Bonchev–Trinajstić information content (AvgIpc) is 2.68. The topological polar surface area (TPSA) is 41.6 Å². The molecular formula is C20H24N2O2S. The molecule has 0 aliphatic carbocycles. The minimum atomic E-state index is -0.0707. The van der Waals surface area contributed by atoms with E-state index in [-0.39, 0.29) is 5.91 Å². The first-order chi connectivity index (χ1) is 12.2. The Morgan fingerprint density at radius 2 is 1.80 bits per heavy atom. The van der Waals surface area contributed by atoms with Crippen LogP contribution in [-0.4, -0.2) is 38.5 Å². The van der Waals surface area contributed by atoms with E-state index in [1.54, 1.807) is 18.9 Å². The molecule has 2 aromatic rings. The van der Waals surface area contributed by atoms with Crippen LogP contribution in [0.4, 0.5) is 11.4 Å². The molecule has 0 aromatic heterocycles. The fourth-order valence-corrected chi connectivity index (χ4v) is 3.73. The van der Waals surface area contributed by atoms with Gasteiger partial charge in [0, 0.05) is 36.5 Å². The zero-order chi connectivity index (χ0) is 17.6. The van der Waals surface area contributed by atoms with Gasteiger partial charge in [-0.05, 0) is 55.5 Å². The number of anilines is 2. The van der Waals surface area contributed by atoms with Crippen LogP contribution in [0.25, 0.3) is 0 Å². The summed E-state index contributed by atoms with van der Waals surface area (Å²) >= 11 is 1.58. The number of rotatable bonds is 5. The maximum Gasteiger partial charge on any atom is 0.256 e. The van der Waals surface area contributed by atoms with E-state index in [1.165, 1.54) is 5.69 Å². The highest BCUT2D eigenvalue weighted by atomic mass is 32.2. The predicted molar refractivity (Wildman–Crippen MR) is 105 cm³/mol. The summed E-state index contributed by atoms with van der Waals surface area (Å²) in [6, 6.07) is 15.7. The second-order valence-corrected chi connectivity index (χ2v) is 6.97. The van der Waals surface area contributed by atoms with Crippen molar-refractivity contribution in [3.05, 3.63) is 54.1 Å². The molecule has 1 aliphatic rings. The van der Waals surface area contributed by atoms with Crippen molar-refractivity contribution >= 4 is 29.0 Å². The normalized spacial score (nSPS) is 15.2. The van der Waals surface area contributed by atoms with Crippen LogP contribution in [0, 0.1) is 0 Å². The second-order valence-electron chi connectivity index (χ2n) is 6.12. The summed E-state index contributed by atoms with van der Waals surface area (Å²) in [5, 5.41) is 2.99. The Labute approximate surface area is 153 Å². The quantitative estimate of drug-likeness (QED) is 0.812. The zero-order valence-corrected chi connectivity index (χ0v) is 15.5. The number of nitrogens with zero attached hydrogens (tertiary/aromatic N) is 1. The number of piperidine rings is 1. The standard InChI is InChI=1S/C20H24N2O2S/c1-24-17-11-13-22(14-12-17)16-9-7-15(8-10-16)21-20(23)18-5-3-4-6-19(18)25-2/h3-10,17H,11-14H2,1-2H3,(H,21,23). The van der Waals surface area contributed by atoms with E-state index in [0.717, 1.165) is 36.5 Å². The van der Waals surface area contributed by atoms with Gasteiger partial charge >= 0.3 is 0 Å². The summed E-state index contributed by atoms with van der Waals surface area (Å²) in [7, 11) is 1.78. The van der Waals surface area contributed by atoms with Crippen molar-refractivity contribution in [3.8, 4) is 0 Å². The lowest BCUT2D eigenvalue weighted by Crippen LogP contribution is -2.36. The number of amides is 1. The Hall–Kier alpha value is -1.98. The summed E-state index contributed by atoms with van der Waals surface area (Å²) in [5.74, 6) is -0.0707. The summed E-state index contributed by atoms with van der Waals surface area (Å²) in [4.78, 5) is 15.8. The highest BCUT2D eigenvalue weighted by Gasteiger charge is 2.19. The van der Waals surface area contributed by atoms with E-state index in [0.29, 0.717) is 11.7 Å². The Bertz CT molecular complexity index is 710. The highest BCUT2D eigenvalue weighted by molar-refractivity contribution is 7.98. The second kappa shape index (κ2) is 8.41. The van der Waals surface area contributed by atoms with Crippen molar-refractivity contribution in [3.63, 3.8) is 0 Å². The number of hydrogen-bond acceptors (Lipinski definition) is 4. The first kappa shape index (κ1) is 17.8. The number of carbonyl (C=O) groups is 1. The number of carbonyl (C=O) groups excluding carboxylic acids is 1. The largest absolute Gasteiger partial charge is 0.381 e. The van der Waals surface area contributed by atoms with E-state index in [9.17, 15) is 4.79 Å². The lowest BCUT2D eigenvalue weighted by atomic mass is 10.1. The molecule has 0 spiro atoms. The molecule has 3 rings (SSSR count). The summed E-state index contributed by atoms with van der Waals surface area (Å²) < 4.78 is 5.42. The van der Waals surface area contributed by atoms with Gasteiger partial charge in [0.25, 0.3) is 5.91 Å². The molecule has 2 aromatic carbocycles. The minimum absolute atomic E-state index is 0.0707. The average molecular weight is 356 g/mol. The molecule has 1 aliphatic heterocycles. The molecular weight excluding hydrogens is 332 g/mol. The van der Waals surface area contributed by atoms with Gasteiger partial charge < -0.3 is 15.0 Å². The first-order valence-electron chi connectivity index (χ1n) is 8.53. The van der Waals surface area contributed by atoms with Crippen molar-refractivity contribution in [1.82, 2.24) is 0 Å². The molecule has 132 valence electrons. The third kappa shape index (κ3) is 4.35. The maximum atomic E-state index is 12.5. The molecule has 25 heavy (non-hydrogen) atoms. The van der Waals surface area contributed by atoms with E-state index >= 15 is 0 Å². The molecule has 1 heterocycles. The smallest absolute Gasteiger partial charge is 0.256 e. The van der Waals surface area contributed by atoms with Gasteiger partial charge in [-0.3, -0.25) is 4.79 Å².